The Labute approximate surface area is 279 Å². The van der Waals surface area contributed by atoms with Crippen molar-refractivity contribution in [3.8, 4) is 17.2 Å². The number of sulfonamides is 1. The summed E-state index contributed by atoms with van der Waals surface area (Å²) < 4.78 is 78.5. The highest BCUT2D eigenvalue weighted by atomic mass is 35.5. The van der Waals surface area contributed by atoms with Gasteiger partial charge in [0.25, 0.3) is 0 Å². The third kappa shape index (κ3) is 11.0. The van der Waals surface area contributed by atoms with Crippen LogP contribution in [0.5, 0.6) is 17.2 Å². The van der Waals surface area contributed by atoms with E-state index < -0.39 is 41.3 Å². The van der Waals surface area contributed by atoms with E-state index in [-0.39, 0.29) is 69.5 Å². The number of ether oxygens (including phenoxy) is 5. The molecule has 3 aromatic rings. The second-order valence-electron chi connectivity index (χ2n) is 10.6. The number of halogens is 4. The minimum absolute atomic E-state index is 0.00550. The third-order valence-corrected chi connectivity index (χ3v) is 7.95. The summed E-state index contributed by atoms with van der Waals surface area (Å²) in [5, 5.41) is 11.7. The van der Waals surface area contributed by atoms with Gasteiger partial charge in [-0.25, -0.2) is 13.2 Å². The van der Waals surface area contributed by atoms with Crippen LogP contribution >= 0.6 is 23.2 Å². The van der Waals surface area contributed by atoms with Crippen molar-refractivity contribution in [3.05, 3.63) is 80.7 Å². The second kappa shape index (κ2) is 15.7. The molecule has 0 saturated heterocycles. The van der Waals surface area contributed by atoms with Crippen LogP contribution in [0.4, 0.5) is 14.5 Å². The van der Waals surface area contributed by atoms with Crippen LogP contribution in [0.2, 0.25) is 10.0 Å². The quantitative estimate of drug-likeness (QED) is 0.122. The van der Waals surface area contributed by atoms with Crippen molar-refractivity contribution in [1.29, 1.82) is 0 Å². The smallest absolute Gasteiger partial charge is 0.387 e. The first-order chi connectivity index (χ1) is 22.2. The number of pyridine rings is 1. The van der Waals surface area contributed by atoms with Gasteiger partial charge < -0.3 is 28.9 Å². The average molecular weight is 720 g/mol. The number of hydrogen-bond donors (Lipinski definition) is 1. The molecule has 0 bridgehead atoms. The molecule has 0 aliphatic heterocycles. The van der Waals surface area contributed by atoms with Gasteiger partial charge in [-0.15, -0.1) is 0 Å². The van der Waals surface area contributed by atoms with Crippen molar-refractivity contribution >= 4 is 50.9 Å². The first kappa shape index (κ1) is 35.8. The van der Waals surface area contributed by atoms with Crippen LogP contribution in [0.3, 0.4) is 0 Å². The van der Waals surface area contributed by atoms with Gasteiger partial charge in [-0.3, -0.25) is 9.52 Å². The summed E-state index contributed by atoms with van der Waals surface area (Å²) >= 11 is 12.5. The van der Waals surface area contributed by atoms with Crippen molar-refractivity contribution in [1.82, 2.24) is 0 Å². The van der Waals surface area contributed by atoms with Crippen LogP contribution < -0.4 is 23.7 Å². The lowest BCUT2D eigenvalue weighted by molar-refractivity contribution is -0.605. The highest BCUT2D eigenvalue weighted by Crippen LogP contribution is 2.38. The summed E-state index contributed by atoms with van der Waals surface area (Å²) in [4.78, 5) is 25.5. The number of nitrogens with zero attached hydrogens (tertiary/aromatic N) is 1. The van der Waals surface area contributed by atoms with Gasteiger partial charge in [0.15, 0.2) is 30.5 Å². The molecule has 254 valence electrons. The van der Waals surface area contributed by atoms with Crippen molar-refractivity contribution in [2.24, 2.45) is 5.92 Å². The lowest BCUT2D eigenvalue weighted by atomic mass is 10.0. The van der Waals surface area contributed by atoms with E-state index in [9.17, 15) is 32.0 Å². The Morgan fingerprint density at radius 2 is 1.72 bits per heavy atom. The predicted octanol–water partition coefficient (Wildman–Crippen LogP) is 5.01. The lowest BCUT2D eigenvalue weighted by Crippen LogP contribution is -2.26. The van der Waals surface area contributed by atoms with Crippen LogP contribution in [0.1, 0.15) is 35.6 Å². The van der Waals surface area contributed by atoms with Crippen LogP contribution in [-0.2, 0) is 41.9 Å². The Kier molecular flexibility index (Phi) is 11.9. The fourth-order valence-corrected chi connectivity index (χ4v) is 5.51. The van der Waals surface area contributed by atoms with Crippen LogP contribution in [-0.4, -0.2) is 53.5 Å². The number of rotatable bonds is 16. The zero-order valence-corrected chi connectivity index (χ0v) is 27.4. The van der Waals surface area contributed by atoms with Gasteiger partial charge >= 0.3 is 18.6 Å². The molecule has 1 saturated carbocycles. The maximum Gasteiger partial charge on any atom is 0.387 e. The maximum absolute atomic E-state index is 13.1. The molecule has 1 fully saturated rings. The van der Waals surface area contributed by atoms with E-state index in [1.54, 1.807) is 0 Å². The average Bonchev–Trinajstić information content (AvgIpc) is 3.80. The molecule has 1 unspecified atom stereocenters. The van der Waals surface area contributed by atoms with Crippen molar-refractivity contribution in [2.45, 2.75) is 38.4 Å². The molecule has 0 amide bonds. The minimum atomic E-state index is -3.65. The van der Waals surface area contributed by atoms with E-state index in [1.165, 1.54) is 43.5 Å². The molecule has 47 heavy (non-hydrogen) atoms. The molecule has 12 nitrogen and oxygen atoms in total. The molecular weight excluding hydrogens is 689 g/mol. The van der Waals surface area contributed by atoms with Gasteiger partial charge in [-0.05, 0) is 54.2 Å². The fraction of sp³-hybridized carbons (Fsp3) is 0.367. The number of anilines is 1. The number of esters is 2. The Morgan fingerprint density at radius 3 is 2.34 bits per heavy atom. The van der Waals surface area contributed by atoms with Crippen molar-refractivity contribution < 1.29 is 55.2 Å². The van der Waals surface area contributed by atoms with E-state index in [0.717, 1.165) is 31.5 Å². The molecule has 0 radical (unpaired) electrons. The molecule has 4 rings (SSSR count). The summed E-state index contributed by atoms with van der Waals surface area (Å²) in [5.41, 5.74) is 1.00. The van der Waals surface area contributed by atoms with E-state index in [2.05, 4.69) is 9.46 Å². The van der Waals surface area contributed by atoms with Crippen LogP contribution in [0.25, 0.3) is 0 Å². The molecule has 2 aromatic carbocycles. The lowest BCUT2D eigenvalue weighted by Gasteiger charge is -2.21. The molecule has 1 N–H and O–H groups in total. The van der Waals surface area contributed by atoms with Gasteiger partial charge in [-0.2, -0.15) is 13.5 Å². The maximum atomic E-state index is 13.1. The van der Waals surface area contributed by atoms with Crippen LogP contribution in [0.15, 0.2) is 48.8 Å². The number of hydrogen-bond acceptors (Lipinski definition) is 10. The Morgan fingerprint density at radius 1 is 1.04 bits per heavy atom. The third-order valence-electron chi connectivity index (χ3n) is 6.71. The van der Waals surface area contributed by atoms with Crippen LogP contribution in [0, 0.1) is 11.1 Å². The minimum Gasteiger partial charge on any atom is -0.619 e. The van der Waals surface area contributed by atoms with Crippen molar-refractivity contribution in [2.75, 3.05) is 31.3 Å². The number of alkyl halides is 2. The molecule has 1 aliphatic rings. The Hall–Kier alpha value is -4.08. The number of methoxy groups -OCH3 is 1. The fourth-order valence-electron chi connectivity index (χ4n) is 4.36. The second-order valence-corrected chi connectivity index (χ2v) is 13.1. The zero-order valence-electron chi connectivity index (χ0n) is 25.0. The van der Waals surface area contributed by atoms with Gasteiger partial charge in [0.2, 0.25) is 10.0 Å². The topological polar surface area (TPSA) is 153 Å². The molecule has 0 spiro atoms. The van der Waals surface area contributed by atoms with Gasteiger partial charge in [0.05, 0.1) is 32.1 Å². The summed E-state index contributed by atoms with van der Waals surface area (Å²) in [7, 11) is -2.30. The monoisotopic (exact) mass is 718 g/mol. The largest absolute Gasteiger partial charge is 0.619 e. The molecule has 1 aromatic heterocycles. The Balaban J connectivity index is 1.51. The number of carbonyl (C=O) groups excluding carboxylic acids is 2. The molecule has 1 heterocycles. The summed E-state index contributed by atoms with van der Waals surface area (Å²) in [5.74, 6) is -1.53. The highest BCUT2D eigenvalue weighted by Gasteiger charge is 2.27. The first-order valence-corrected chi connectivity index (χ1v) is 16.6. The van der Waals surface area contributed by atoms with E-state index in [0.29, 0.717) is 10.3 Å². The molecule has 1 atom stereocenters. The van der Waals surface area contributed by atoms with Gasteiger partial charge in [0.1, 0.15) is 21.9 Å². The molecule has 1 aliphatic carbocycles. The number of benzene rings is 2. The van der Waals surface area contributed by atoms with Gasteiger partial charge in [0, 0.05) is 12.0 Å². The van der Waals surface area contributed by atoms with E-state index >= 15 is 0 Å². The predicted molar refractivity (Wildman–Crippen MR) is 165 cm³/mol. The number of carbonyl (C=O) groups is 2. The standard InChI is InChI=1S/C30H30Cl2F2N2O10S/c1-42-24-7-5-18(9-23(24)35-47(2,40)41)10-28(37)44-16-29(38)45-26(12-20-21(31)13-36(39)14-22(20)32)19-6-8-25(46-30(33)34)27(11-19)43-15-17-3-4-17/h5-9,11,13-14,17,26,30,35H,3-4,10,12,15-16H2,1-2H3. The van der Waals surface area contributed by atoms with Crippen molar-refractivity contribution in [3.63, 3.8) is 0 Å². The van der Waals surface area contributed by atoms with E-state index in [1.807, 2.05) is 0 Å². The zero-order chi connectivity index (χ0) is 34.3. The number of nitrogens with one attached hydrogen (secondary N) is 1. The summed E-state index contributed by atoms with van der Waals surface area (Å²) in [6.07, 6.45) is 3.31. The Bertz CT molecular complexity index is 1700. The summed E-state index contributed by atoms with van der Waals surface area (Å²) in [6, 6.07) is 8.38. The first-order valence-electron chi connectivity index (χ1n) is 14.0. The number of aromatic nitrogens is 1. The van der Waals surface area contributed by atoms with Gasteiger partial charge in [-0.1, -0.05) is 35.3 Å². The molecule has 17 heteroatoms. The molecular formula is C30H30Cl2F2N2O10S. The SMILES string of the molecule is COc1ccc(CC(=O)OCC(=O)OC(Cc2c(Cl)c[n+]([O-])cc2Cl)c2ccc(OC(F)F)c(OCC3CC3)c2)cc1NS(C)(=O)=O. The van der Waals surface area contributed by atoms with E-state index in [4.69, 9.17) is 42.1 Å². The normalized spacial score (nSPS) is 13.5. The highest BCUT2D eigenvalue weighted by molar-refractivity contribution is 7.92. The summed E-state index contributed by atoms with van der Waals surface area (Å²) in [6.45, 7) is -3.66.